The van der Waals surface area contributed by atoms with E-state index in [0.717, 1.165) is 22.3 Å². The van der Waals surface area contributed by atoms with Crippen molar-refractivity contribution in [3.63, 3.8) is 0 Å². The highest BCUT2D eigenvalue weighted by molar-refractivity contribution is 5.89. The third-order valence-corrected chi connectivity index (χ3v) is 6.76. The number of nitrogens with zero attached hydrogens (tertiary/aromatic N) is 1. The quantitative estimate of drug-likeness (QED) is 0.648. The van der Waals surface area contributed by atoms with E-state index in [9.17, 15) is 19.5 Å². The SMILES string of the molecule is CCN(C(=O)[C@@H]1OCC[C@@H]1NC(=O)OCC1c2ccccc2-c2ccccc21)C(C)(C)C(=O)O. The second kappa shape index (κ2) is 9.46. The Kier molecular flexibility index (Phi) is 6.61. The molecule has 34 heavy (non-hydrogen) atoms. The van der Waals surface area contributed by atoms with Gasteiger partial charge in [0.1, 0.15) is 12.1 Å². The van der Waals surface area contributed by atoms with Gasteiger partial charge >= 0.3 is 12.1 Å². The van der Waals surface area contributed by atoms with Crippen molar-refractivity contribution in [2.24, 2.45) is 0 Å². The third kappa shape index (κ3) is 4.25. The van der Waals surface area contributed by atoms with Gasteiger partial charge in [0.15, 0.2) is 6.10 Å². The molecule has 1 fully saturated rings. The Bertz CT molecular complexity index is 1050. The molecule has 0 spiro atoms. The molecule has 8 heteroatoms. The van der Waals surface area contributed by atoms with Crippen LogP contribution < -0.4 is 5.32 Å². The number of ether oxygens (including phenoxy) is 2. The van der Waals surface area contributed by atoms with E-state index in [-0.39, 0.29) is 25.7 Å². The Balaban J connectivity index is 1.41. The molecule has 2 aromatic rings. The number of carbonyl (C=O) groups is 3. The van der Waals surface area contributed by atoms with Crippen molar-refractivity contribution in [2.45, 2.75) is 50.8 Å². The van der Waals surface area contributed by atoms with Gasteiger partial charge in [-0.05, 0) is 49.4 Å². The molecule has 180 valence electrons. The van der Waals surface area contributed by atoms with Crippen molar-refractivity contribution in [3.05, 3.63) is 59.7 Å². The number of benzene rings is 2. The van der Waals surface area contributed by atoms with Crippen molar-refractivity contribution in [3.8, 4) is 11.1 Å². The first-order valence-corrected chi connectivity index (χ1v) is 11.5. The molecule has 1 aliphatic carbocycles. The third-order valence-electron chi connectivity index (χ3n) is 6.76. The van der Waals surface area contributed by atoms with Crippen LogP contribution in [-0.4, -0.2) is 65.4 Å². The summed E-state index contributed by atoms with van der Waals surface area (Å²) in [5, 5.41) is 12.3. The van der Waals surface area contributed by atoms with Gasteiger partial charge in [0.2, 0.25) is 0 Å². The number of alkyl carbamates (subject to hydrolysis) is 1. The van der Waals surface area contributed by atoms with E-state index >= 15 is 0 Å². The fourth-order valence-corrected chi connectivity index (χ4v) is 4.87. The van der Waals surface area contributed by atoms with Gasteiger partial charge in [-0.15, -0.1) is 0 Å². The molecule has 1 heterocycles. The molecular formula is C26H30N2O6. The van der Waals surface area contributed by atoms with Crippen LogP contribution in [0.5, 0.6) is 0 Å². The highest BCUT2D eigenvalue weighted by atomic mass is 16.6. The average Bonchev–Trinajstić information content (AvgIpc) is 3.40. The summed E-state index contributed by atoms with van der Waals surface area (Å²) in [5.74, 6) is -1.64. The van der Waals surface area contributed by atoms with Crippen LogP contribution >= 0.6 is 0 Å². The summed E-state index contributed by atoms with van der Waals surface area (Å²) in [7, 11) is 0. The zero-order valence-electron chi connectivity index (χ0n) is 19.6. The van der Waals surface area contributed by atoms with Gasteiger partial charge in [-0.1, -0.05) is 48.5 Å². The number of fused-ring (bicyclic) bond motifs is 3. The topological polar surface area (TPSA) is 105 Å². The Morgan fingerprint density at radius 3 is 2.24 bits per heavy atom. The van der Waals surface area contributed by atoms with Gasteiger partial charge in [-0.2, -0.15) is 0 Å². The molecule has 0 aromatic heterocycles. The zero-order chi connectivity index (χ0) is 24.5. The van der Waals surface area contributed by atoms with E-state index in [1.165, 1.54) is 18.7 Å². The molecular weight excluding hydrogens is 436 g/mol. The van der Waals surface area contributed by atoms with Crippen molar-refractivity contribution < 1.29 is 29.0 Å². The van der Waals surface area contributed by atoms with Crippen LogP contribution in [0.4, 0.5) is 4.79 Å². The highest BCUT2D eigenvalue weighted by Crippen LogP contribution is 2.44. The van der Waals surface area contributed by atoms with Crippen LogP contribution in [0.15, 0.2) is 48.5 Å². The maximum absolute atomic E-state index is 13.1. The standard InChI is InChI=1S/C26H30N2O6/c1-4-28(26(2,3)24(30)31)23(29)22-21(13-14-33-22)27-25(32)34-15-20-18-11-7-5-9-16(18)17-10-6-8-12-19(17)20/h5-12,20-22H,4,13-15H2,1-3H3,(H,27,32)(H,30,31)/t21-,22+/m0/s1. The lowest BCUT2D eigenvalue weighted by Gasteiger charge is -2.36. The maximum atomic E-state index is 13.1. The number of carboxylic acid groups (broad SMARTS) is 1. The molecule has 0 unspecified atom stereocenters. The summed E-state index contributed by atoms with van der Waals surface area (Å²) >= 11 is 0. The molecule has 8 nitrogen and oxygen atoms in total. The summed E-state index contributed by atoms with van der Waals surface area (Å²) in [6.45, 7) is 5.31. The van der Waals surface area contributed by atoms with Crippen molar-refractivity contribution >= 4 is 18.0 Å². The van der Waals surface area contributed by atoms with Gasteiger partial charge in [0.25, 0.3) is 5.91 Å². The lowest BCUT2D eigenvalue weighted by Crippen LogP contribution is -2.58. The number of amides is 2. The van der Waals surface area contributed by atoms with E-state index in [0.29, 0.717) is 6.42 Å². The summed E-state index contributed by atoms with van der Waals surface area (Å²) in [4.78, 5) is 38.7. The predicted molar refractivity (Wildman–Crippen MR) is 125 cm³/mol. The summed E-state index contributed by atoms with van der Waals surface area (Å²) in [5.41, 5.74) is 3.11. The minimum Gasteiger partial charge on any atom is -0.480 e. The lowest BCUT2D eigenvalue weighted by molar-refractivity contribution is -0.161. The van der Waals surface area contributed by atoms with E-state index in [1.807, 2.05) is 36.4 Å². The number of carbonyl (C=O) groups excluding carboxylic acids is 2. The second-order valence-corrected chi connectivity index (χ2v) is 9.10. The Morgan fingerprint density at radius 2 is 1.68 bits per heavy atom. The first-order chi connectivity index (χ1) is 16.3. The van der Waals surface area contributed by atoms with E-state index < -0.39 is 35.7 Å². The molecule has 0 bridgehead atoms. The minimum absolute atomic E-state index is 0.0673. The molecule has 0 saturated carbocycles. The fourth-order valence-electron chi connectivity index (χ4n) is 4.87. The van der Waals surface area contributed by atoms with E-state index in [2.05, 4.69) is 17.4 Å². The van der Waals surface area contributed by atoms with Gasteiger partial charge in [0, 0.05) is 19.1 Å². The minimum atomic E-state index is -1.40. The summed E-state index contributed by atoms with van der Waals surface area (Å²) in [6, 6.07) is 15.6. The first-order valence-electron chi connectivity index (χ1n) is 11.5. The lowest BCUT2D eigenvalue weighted by atomic mass is 9.98. The molecule has 4 rings (SSSR count). The molecule has 2 aliphatic rings. The number of hydrogen-bond acceptors (Lipinski definition) is 5. The van der Waals surface area contributed by atoms with Crippen LogP contribution in [0, 0.1) is 0 Å². The van der Waals surface area contributed by atoms with Crippen molar-refractivity contribution in [1.29, 1.82) is 0 Å². The van der Waals surface area contributed by atoms with Crippen molar-refractivity contribution in [2.75, 3.05) is 19.8 Å². The molecule has 2 N–H and O–H groups in total. The van der Waals surface area contributed by atoms with Crippen LogP contribution in [0.3, 0.4) is 0 Å². The monoisotopic (exact) mass is 466 g/mol. The molecule has 2 aromatic carbocycles. The zero-order valence-corrected chi connectivity index (χ0v) is 19.6. The predicted octanol–water partition coefficient (Wildman–Crippen LogP) is 3.39. The fraction of sp³-hybridized carbons (Fsp3) is 0.423. The first kappa shape index (κ1) is 23.8. The molecule has 2 amide bonds. The Hall–Kier alpha value is -3.39. The number of nitrogens with one attached hydrogen (secondary N) is 1. The smallest absolute Gasteiger partial charge is 0.407 e. The van der Waals surface area contributed by atoms with Crippen LogP contribution in [-0.2, 0) is 19.1 Å². The van der Waals surface area contributed by atoms with Crippen molar-refractivity contribution in [1.82, 2.24) is 10.2 Å². The Labute approximate surface area is 198 Å². The molecule has 0 radical (unpaired) electrons. The number of hydrogen-bond donors (Lipinski definition) is 2. The van der Waals surface area contributed by atoms with Gasteiger partial charge in [-0.25, -0.2) is 9.59 Å². The molecule has 1 saturated heterocycles. The van der Waals surface area contributed by atoms with Gasteiger partial charge in [-0.3, -0.25) is 4.79 Å². The second-order valence-electron chi connectivity index (χ2n) is 9.10. The van der Waals surface area contributed by atoms with E-state index in [4.69, 9.17) is 9.47 Å². The molecule has 2 atom stereocenters. The largest absolute Gasteiger partial charge is 0.480 e. The Morgan fingerprint density at radius 1 is 1.09 bits per heavy atom. The summed E-state index contributed by atoms with van der Waals surface area (Å²) < 4.78 is 11.2. The average molecular weight is 467 g/mol. The van der Waals surface area contributed by atoms with Gasteiger partial charge in [0.05, 0.1) is 6.04 Å². The maximum Gasteiger partial charge on any atom is 0.407 e. The number of likely N-dealkylation sites (N-methyl/N-ethyl adjacent to an activating group) is 1. The van der Waals surface area contributed by atoms with E-state index in [1.54, 1.807) is 6.92 Å². The van der Waals surface area contributed by atoms with Crippen LogP contribution in [0.25, 0.3) is 11.1 Å². The number of aliphatic carboxylic acids is 1. The highest BCUT2D eigenvalue weighted by Gasteiger charge is 2.44. The molecule has 1 aliphatic heterocycles. The number of rotatable bonds is 7. The van der Waals surface area contributed by atoms with Crippen LogP contribution in [0.2, 0.25) is 0 Å². The number of carboxylic acids is 1. The van der Waals surface area contributed by atoms with Crippen LogP contribution in [0.1, 0.15) is 44.2 Å². The van der Waals surface area contributed by atoms with Gasteiger partial charge < -0.3 is 24.8 Å². The summed E-state index contributed by atoms with van der Waals surface area (Å²) in [6.07, 6.45) is -1.15. The normalized spacial score (nSPS) is 19.3.